The van der Waals surface area contributed by atoms with Gasteiger partial charge in [0.1, 0.15) is 0 Å². The predicted molar refractivity (Wildman–Crippen MR) is 88.7 cm³/mol. The van der Waals surface area contributed by atoms with Gasteiger partial charge in [0.05, 0.1) is 5.56 Å². The van der Waals surface area contributed by atoms with Gasteiger partial charge in [0.25, 0.3) is 5.91 Å². The highest BCUT2D eigenvalue weighted by Crippen LogP contribution is 2.30. The Morgan fingerprint density at radius 3 is 2.48 bits per heavy atom. The van der Waals surface area contributed by atoms with Gasteiger partial charge in [-0.25, -0.2) is 0 Å². The molecule has 0 spiro atoms. The number of hydrogen-bond donors (Lipinski definition) is 1. The predicted octanol–water partition coefficient (Wildman–Crippen LogP) is 4.16. The zero-order valence-corrected chi connectivity index (χ0v) is 13.6. The van der Waals surface area contributed by atoms with E-state index in [2.05, 4.69) is 19.2 Å². The number of carbonyl (C=O) groups excluding carboxylic acids is 1. The number of nitrogens with one attached hydrogen (secondary N) is 1. The minimum Gasteiger partial charge on any atom is -0.385 e. The van der Waals surface area contributed by atoms with Gasteiger partial charge in [-0.2, -0.15) is 0 Å². The van der Waals surface area contributed by atoms with E-state index < -0.39 is 0 Å². The largest absolute Gasteiger partial charge is 0.385 e. The van der Waals surface area contributed by atoms with Gasteiger partial charge in [-0.1, -0.05) is 25.5 Å². The fourth-order valence-electron chi connectivity index (χ4n) is 3.31. The van der Waals surface area contributed by atoms with E-state index in [0.29, 0.717) is 6.04 Å². The van der Waals surface area contributed by atoms with Crippen LogP contribution in [0.4, 0.5) is 5.69 Å². The van der Waals surface area contributed by atoms with Gasteiger partial charge < -0.3 is 10.2 Å². The van der Waals surface area contributed by atoms with E-state index in [4.69, 9.17) is 0 Å². The third-order valence-corrected chi connectivity index (χ3v) is 4.79. The molecule has 0 aromatic heterocycles. The van der Waals surface area contributed by atoms with Gasteiger partial charge >= 0.3 is 0 Å². The molecule has 0 bridgehead atoms. The molecule has 0 unspecified atom stereocenters. The van der Waals surface area contributed by atoms with Crippen LogP contribution in [-0.4, -0.2) is 30.4 Å². The van der Waals surface area contributed by atoms with E-state index >= 15 is 0 Å². The molecule has 2 rings (SSSR count). The van der Waals surface area contributed by atoms with Crippen molar-refractivity contribution in [2.24, 2.45) is 5.92 Å². The summed E-state index contributed by atoms with van der Waals surface area (Å²) in [6, 6.07) is 8.22. The molecule has 21 heavy (non-hydrogen) atoms. The number of benzene rings is 1. The molecular weight excluding hydrogens is 260 g/mol. The highest BCUT2D eigenvalue weighted by atomic mass is 16.2. The molecule has 3 nitrogen and oxygen atoms in total. The summed E-state index contributed by atoms with van der Waals surface area (Å²) >= 11 is 0. The Hall–Kier alpha value is -1.51. The number of carbonyl (C=O) groups is 1. The number of anilines is 1. The molecule has 1 fully saturated rings. The Morgan fingerprint density at radius 2 is 1.86 bits per heavy atom. The molecule has 0 saturated heterocycles. The highest BCUT2D eigenvalue weighted by Gasteiger charge is 2.27. The molecule has 1 aliphatic rings. The first kappa shape index (κ1) is 15.9. The number of para-hydroxylation sites is 1. The molecule has 0 radical (unpaired) electrons. The molecule has 1 aromatic carbocycles. The average molecular weight is 288 g/mol. The van der Waals surface area contributed by atoms with Gasteiger partial charge in [0.2, 0.25) is 0 Å². The summed E-state index contributed by atoms with van der Waals surface area (Å²) in [7, 11) is 1.96. The average Bonchev–Trinajstić information content (AvgIpc) is 2.54. The monoisotopic (exact) mass is 288 g/mol. The maximum absolute atomic E-state index is 12.8. The van der Waals surface area contributed by atoms with Crippen LogP contribution in [0.25, 0.3) is 0 Å². The van der Waals surface area contributed by atoms with Gasteiger partial charge in [-0.3, -0.25) is 4.79 Å². The molecule has 0 atom stereocenters. The van der Waals surface area contributed by atoms with Gasteiger partial charge in [-0.05, 0) is 50.7 Å². The quantitative estimate of drug-likeness (QED) is 0.882. The van der Waals surface area contributed by atoms with Gasteiger partial charge in [-0.15, -0.1) is 0 Å². The van der Waals surface area contributed by atoms with Crippen molar-refractivity contribution in [1.82, 2.24) is 4.90 Å². The van der Waals surface area contributed by atoms with Gasteiger partial charge in [0.15, 0.2) is 0 Å². The van der Waals surface area contributed by atoms with Crippen LogP contribution in [0, 0.1) is 5.92 Å². The summed E-state index contributed by atoms with van der Waals surface area (Å²) in [4.78, 5) is 14.7. The minimum atomic E-state index is 0.145. The SMILES string of the molecule is CCNc1ccccc1C(=O)N(C)C1CCC(CC)CC1. The Morgan fingerprint density at radius 1 is 1.19 bits per heavy atom. The molecule has 1 amide bonds. The normalized spacial score (nSPS) is 21.9. The van der Waals surface area contributed by atoms with Crippen LogP contribution in [0.3, 0.4) is 0 Å². The third kappa shape index (κ3) is 3.78. The molecule has 0 heterocycles. The first-order valence-corrected chi connectivity index (χ1v) is 8.27. The second-order valence-corrected chi connectivity index (χ2v) is 6.07. The molecule has 1 aromatic rings. The number of nitrogens with zero attached hydrogens (tertiary/aromatic N) is 1. The zero-order valence-electron chi connectivity index (χ0n) is 13.6. The Kier molecular flexibility index (Phi) is 5.66. The van der Waals surface area contributed by atoms with Crippen LogP contribution in [0.1, 0.15) is 56.3 Å². The van der Waals surface area contributed by atoms with Crippen LogP contribution in [0.2, 0.25) is 0 Å². The molecule has 1 N–H and O–H groups in total. The maximum atomic E-state index is 12.8. The number of rotatable bonds is 5. The molecule has 116 valence electrons. The lowest BCUT2D eigenvalue weighted by molar-refractivity contribution is 0.0675. The summed E-state index contributed by atoms with van der Waals surface area (Å²) in [5.74, 6) is 1.00. The smallest absolute Gasteiger partial charge is 0.255 e. The summed E-state index contributed by atoms with van der Waals surface area (Å²) in [6.07, 6.45) is 6.07. The van der Waals surface area contributed by atoms with E-state index in [0.717, 1.165) is 36.6 Å². The van der Waals surface area contributed by atoms with E-state index in [9.17, 15) is 4.79 Å². The van der Waals surface area contributed by atoms with Crippen molar-refractivity contribution in [3.63, 3.8) is 0 Å². The second kappa shape index (κ2) is 7.48. The van der Waals surface area contributed by atoms with Crippen LogP contribution >= 0.6 is 0 Å². The van der Waals surface area contributed by atoms with Gasteiger partial charge in [0, 0.05) is 25.3 Å². The van der Waals surface area contributed by atoms with Crippen molar-refractivity contribution in [1.29, 1.82) is 0 Å². The fraction of sp³-hybridized carbons (Fsp3) is 0.611. The lowest BCUT2D eigenvalue weighted by Gasteiger charge is -2.34. The van der Waals surface area contributed by atoms with Crippen molar-refractivity contribution in [2.45, 2.75) is 52.0 Å². The molecule has 1 aliphatic carbocycles. The minimum absolute atomic E-state index is 0.145. The standard InChI is InChI=1S/C18H28N2O/c1-4-14-10-12-15(13-11-14)20(3)18(21)16-8-6-7-9-17(16)19-5-2/h6-9,14-15,19H,4-5,10-13H2,1-3H3. The Balaban J connectivity index is 2.06. The van der Waals surface area contributed by atoms with Crippen molar-refractivity contribution < 1.29 is 4.79 Å². The molecule has 0 aliphatic heterocycles. The lowest BCUT2D eigenvalue weighted by atomic mass is 9.84. The first-order chi connectivity index (χ1) is 10.2. The van der Waals surface area contributed by atoms with E-state index in [1.807, 2.05) is 36.2 Å². The topological polar surface area (TPSA) is 32.3 Å². The Bertz CT molecular complexity index is 464. The fourth-order valence-corrected chi connectivity index (χ4v) is 3.31. The van der Waals surface area contributed by atoms with E-state index in [1.165, 1.54) is 19.3 Å². The van der Waals surface area contributed by atoms with Crippen LogP contribution in [0.5, 0.6) is 0 Å². The summed E-state index contributed by atoms with van der Waals surface area (Å²) < 4.78 is 0. The first-order valence-electron chi connectivity index (χ1n) is 8.27. The Labute approximate surface area is 128 Å². The van der Waals surface area contributed by atoms with Crippen molar-refractivity contribution in [2.75, 3.05) is 18.9 Å². The van der Waals surface area contributed by atoms with Crippen molar-refractivity contribution in [3.05, 3.63) is 29.8 Å². The number of amides is 1. The van der Waals surface area contributed by atoms with Crippen LogP contribution in [0.15, 0.2) is 24.3 Å². The van der Waals surface area contributed by atoms with Crippen molar-refractivity contribution in [3.8, 4) is 0 Å². The molecular formula is C18H28N2O. The van der Waals surface area contributed by atoms with Crippen molar-refractivity contribution >= 4 is 11.6 Å². The summed E-state index contributed by atoms with van der Waals surface area (Å²) in [5, 5.41) is 3.28. The van der Waals surface area contributed by atoms with E-state index in [1.54, 1.807) is 0 Å². The highest BCUT2D eigenvalue weighted by molar-refractivity contribution is 5.99. The van der Waals surface area contributed by atoms with E-state index in [-0.39, 0.29) is 5.91 Å². The molecule has 1 saturated carbocycles. The summed E-state index contributed by atoms with van der Waals surface area (Å²) in [5.41, 5.74) is 1.73. The maximum Gasteiger partial charge on any atom is 0.255 e. The third-order valence-electron chi connectivity index (χ3n) is 4.79. The lowest BCUT2D eigenvalue weighted by Crippen LogP contribution is -2.39. The van der Waals surface area contributed by atoms with Crippen LogP contribution in [-0.2, 0) is 0 Å². The second-order valence-electron chi connectivity index (χ2n) is 6.07. The number of hydrogen-bond acceptors (Lipinski definition) is 2. The van der Waals surface area contributed by atoms with Crippen LogP contribution < -0.4 is 5.32 Å². The molecule has 3 heteroatoms. The zero-order chi connectivity index (χ0) is 15.2. The summed E-state index contributed by atoms with van der Waals surface area (Å²) in [6.45, 7) is 5.15.